The number of carbonyl (C=O) groups is 1. The molecule has 9 heteroatoms. The van der Waals surface area contributed by atoms with Gasteiger partial charge in [-0.2, -0.15) is 21.6 Å². The second kappa shape index (κ2) is 11.4. The SMILES string of the molecule is CC(C)CN(Cc1ccc(OS(=O)(=O)c2cccc(C(F)(F)F)c2)cc1)C(=O)/C=C/c1ccccc1. The summed E-state index contributed by atoms with van der Waals surface area (Å²) in [6.45, 7) is 4.80. The van der Waals surface area contributed by atoms with Crippen molar-refractivity contribution in [2.24, 2.45) is 5.92 Å². The standard InChI is InChI=1S/C27H26F3NO4S/c1-20(2)18-31(26(32)16-13-21-7-4-3-5-8-21)19-22-11-14-24(15-12-22)35-36(33,34)25-10-6-9-23(17-25)27(28,29)30/h3-17,20H,18-19H2,1-2H3/b16-13+. The van der Waals surface area contributed by atoms with E-state index in [9.17, 15) is 26.4 Å². The highest BCUT2D eigenvalue weighted by atomic mass is 32.2. The molecule has 0 radical (unpaired) electrons. The van der Waals surface area contributed by atoms with Crippen LogP contribution in [0.4, 0.5) is 13.2 Å². The summed E-state index contributed by atoms with van der Waals surface area (Å²) in [6, 6.07) is 18.8. The first-order valence-electron chi connectivity index (χ1n) is 11.2. The third-order valence-electron chi connectivity index (χ3n) is 5.07. The van der Waals surface area contributed by atoms with Crippen molar-refractivity contribution >= 4 is 22.1 Å². The second-order valence-electron chi connectivity index (χ2n) is 8.56. The van der Waals surface area contributed by atoms with E-state index in [-0.39, 0.29) is 24.1 Å². The van der Waals surface area contributed by atoms with Crippen LogP contribution in [0.5, 0.6) is 5.75 Å². The van der Waals surface area contributed by atoms with Crippen LogP contribution < -0.4 is 4.18 Å². The van der Waals surface area contributed by atoms with E-state index in [1.165, 1.54) is 18.2 Å². The van der Waals surface area contributed by atoms with Crippen molar-refractivity contribution in [3.8, 4) is 5.75 Å². The summed E-state index contributed by atoms with van der Waals surface area (Å²) in [6.07, 6.45) is -1.43. The summed E-state index contributed by atoms with van der Waals surface area (Å²) in [7, 11) is -4.47. The van der Waals surface area contributed by atoms with Gasteiger partial charge in [0, 0.05) is 19.2 Å². The fraction of sp³-hybridized carbons (Fsp3) is 0.222. The van der Waals surface area contributed by atoms with Gasteiger partial charge in [0.1, 0.15) is 10.6 Å². The first-order valence-corrected chi connectivity index (χ1v) is 12.6. The predicted molar refractivity (Wildman–Crippen MR) is 131 cm³/mol. The Labute approximate surface area is 209 Å². The van der Waals surface area contributed by atoms with Crippen molar-refractivity contribution in [1.82, 2.24) is 4.90 Å². The molecule has 0 spiro atoms. The highest BCUT2D eigenvalue weighted by Crippen LogP contribution is 2.31. The van der Waals surface area contributed by atoms with E-state index < -0.39 is 26.8 Å². The highest BCUT2D eigenvalue weighted by Gasteiger charge is 2.32. The number of hydrogen-bond acceptors (Lipinski definition) is 4. The Hall–Kier alpha value is -3.59. The van der Waals surface area contributed by atoms with Gasteiger partial charge in [-0.05, 0) is 53.5 Å². The molecule has 0 unspecified atom stereocenters. The van der Waals surface area contributed by atoms with Crippen LogP contribution >= 0.6 is 0 Å². The number of amides is 1. The van der Waals surface area contributed by atoms with Crippen molar-refractivity contribution in [2.75, 3.05) is 6.54 Å². The molecule has 5 nitrogen and oxygen atoms in total. The zero-order valence-corrected chi connectivity index (χ0v) is 20.6. The smallest absolute Gasteiger partial charge is 0.379 e. The molecule has 0 saturated heterocycles. The van der Waals surface area contributed by atoms with Crippen molar-refractivity contribution in [2.45, 2.75) is 31.5 Å². The Morgan fingerprint density at radius 3 is 2.25 bits per heavy atom. The molecule has 0 saturated carbocycles. The summed E-state index contributed by atoms with van der Waals surface area (Å²) in [5.41, 5.74) is 0.554. The molecule has 0 fully saturated rings. The van der Waals surface area contributed by atoms with E-state index in [0.29, 0.717) is 12.6 Å². The summed E-state index contributed by atoms with van der Waals surface area (Å²) in [5, 5.41) is 0. The molecule has 0 atom stereocenters. The van der Waals surface area contributed by atoms with Gasteiger partial charge in [0.05, 0.1) is 5.56 Å². The van der Waals surface area contributed by atoms with Gasteiger partial charge in [-0.15, -0.1) is 0 Å². The fourth-order valence-corrected chi connectivity index (χ4v) is 4.36. The molecular weight excluding hydrogens is 491 g/mol. The van der Waals surface area contributed by atoms with Gasteiger partial charge < -0.3 is 9.08 Å². The van der Waals surface area contributed by atoms with Crippen LogP contribution in [0, 0.1) is 5.92 Å². The first-order chi connectivity index (χ1) is 16.9. The maximum atomic E-state index is 12.9. The number of hydrogen-bond donors (Lipinski definition) is 0. The summed E-state index contributed by atoms with van der Waals surface area (Å²) in [4.78, 5) is 13.9. The Morgan fingerprint density at radius 1 is 0.972 bits per heavy atom. The number of halogens is 3. The monoisotopic (exact) mass is 517 g/mol. The Balaban J connectivity index is 1.71. The van der Waals surface area contributed by atoms with E-state index in [0.717, 1.165) is 29.3 Å². The van der Waals surface area contributed by atoms with Crippen LogP contribution in [0.25, 0.3) is 6.08 Å². The molecule has 190 valence electrons. The number of rotatable bonds is 9. The van der Waals surface area contributed by atoms with E-state index in [4.69, 9.17) is 4.18 Å². The minimum atomic E-state index is -4.68. The molecule has 0 aliphatic carbocycles. The lowest BCUT2D eigenvalue weighted by molar-refractivity contribution is -0.137. The minimum Gasteiger partial charge on any atom is -0.379 e. The zero-order chi connectivity index (χ0) is 26.3. The van der Waals surface area contributed by atoms with Crippen LogP contribution in [-0.2, 0) is 27.6 Å². The normalized spacial score (nSPS) is 12.2. The number of benzene rings is 3. The molecular formula is C27H26F3NO4S. The van der Waals surface area contributed by atoms with Gasteiger partial charge >= 0.3 is 16.3 Å². The van der Waals surface area contributed by atoms with Crippen molar-refractivity contribution in [1.29, 1.82) is 0 Å². The Bertz CT molecular complexity index is 1300. The van der Waals surface area contributed by atoms with Crippen LogP contribution in [0.3, 0.4) is 0 Å². The van der Waals surface area contributed by atoms with Gasteiger partial charge in [-0.25, -0.2) is 0 Å². The molecule has 0 aliphatic heterocycles. The molecule has 0 heterocycles. The van der Waals surface area contributed by atoms with Crippen LogP contribution in [0.15, 0.2) is 89.8 Å². The maximum absolute atomic E-state index is 12.9. The van der Waals surface area contributed by atoms with Crippen molar-refractivity contribution in [3.05, 3.63) is 102 Å². The van der Waals surface area contributed by atoms with Crippen LogP contribution in [-0.4, -0.2) is 25.8 Å². The lowest BCUT2D eigenvalue weighted by Crippen LogP contribution is -2.32. The van der Waals surface area contributed by atoms with Crippen LogP contribution in [0.2, 0.25) is 0 Å². The van der Waals surface area contributed by atoms with E-state index in [2.05, 4.69) is 0 Å². The largest absolute Gasteiger partial charge is 0.416 e. The van der Waals surface area contributed by atoms with Gasteiger partial charge in [-0.3, -0.25) is 4.79 Å². The van der Waals surface area contributed by atoms with Crippen molar-refractivity contribution in [3.63, 3.8) is 0 Å². The number of nitrogens with zero attached hydrogens (tertiary/aromatic N) is 1. The molecule has 3 aromatic rings. The Morgan fingerprint density at radius 2 is 1.64 bits per heavy atom. The molecule has 1 amide bonds. The first kappa shape index (κ1) is 27.0. The molecule has 0 N–H and O–H groups in total. The summed E-state index contributed by atoms with van der Waals surface area (Å²) >= 11 is 0. The zero-order valence-electron chi connectivity index (χ0n) is 19.8. The third-order valence-corrected chi connectivity index (χ3v) is 6.31. The topological polar surface area (TPSA) is 63.7 Å². The molecule has 0 aliphatic rings. The highest BCUT2D eigenvalue weighted by molar-refractivity contribution is 7.87. The average Bonchev–Trinajstić information content (AvgIpc) is 2.83. The third kappa shape index (κ3) is 7.71. The molecule has 3 rings (SSSR count). The minimum absolute atomic E-state index is 0.0538. The van der Waals surface area contributed by atoms with Gasteiger partial charge in [0.25, 0.3) is 0 Å². The van der Waals surface area contributed by atoms with Gasteiger partial charge in [-0.1, -0.05) is 62.4 Å². The number of carbonyl (C=O) groups excluding carboxylic acids is 1. The van der Waals surface area contributed by atoms with E-state index in [1.54, 1.807) is 23.1 Å². The summed E-state index contributed by atoms with van der Waals surface area (Å²) < 4.78 is 68.8. The molecule has 3 aromatic carbocycles. The number of alkyl halides is 3. The lowest BCUT2D eigenvalue weighted by atomic mass is 10.1. The predicted octanol–water partition coefficient (Wildman–Crippen LogP) is 6.17. The average molecular weight is 518 g/mol. The van der Waals surface area contributed by atoms with E-state index >= 15 is 0 Å². The lowest BCUT2D eigenvalue weighted by Gasteiger charge is -2.23. The fourth-order valence-electron chi connectivity index (χ4n) is 3.38. The van der Waals surface area contributed by atoms with Crippen molar-refractivity contribution < 1.29 is 30.6 Å². The van der Waals surface area contributed by atoms with E-state index in [1.807, 2.05) is 44.2 Å². The van der Waals surface area contributed by atoms with Crippen LogP contribution in [0.1, 0.15) is 30.5 Å². The second-order valence-corrected chi connectivity index (χ2v) is 10.1. The quantitative estimate of drug-likeness (QED) is 0.252. The molecule has 36 heavy (non-hydrogen) atoms. The van der Waals surface area contributed by atoms with Gasteiger partial charge in [0.15, 0.2) is 0 Å². The Kier molecular flexibility index (Phi) is 8.57. The maximum Gasteiger partial charge on any atom is 0.416 e. The molecule has 0 aromatic heterocycles. The summed E-state index contributed by atoms with van der Waals surface area (Å²) in [5.74, 6) is 0.00108. The molecule has 0 bridgehead atoms. The van der Waals surface area contributed by atoms with Gasteiger partial charge in [0.2, 0.25) is 5.91 Å².